The second-order valence-electron chi connectivity index (χ2n) is 5.11. The summed E-state index contributed by atoms with van der Waals surface area (Å²) in [6.07, 6.45) is 2.97. The summed E-state index contributed by atoms with van der Waals surface area (Å²) in [6.45, 7) is 6.25. The van der Waals surface area contributed by atoms with Crippen molar-refractivity contribution in [3.05, 3.63) is 40.9 Å². The van der Waals surface area contributed by atoms with Crippen LogP contribution < -0.4 is 5.32 Å². The van der Waals surface area contributed by atoms with E-state index >= 15 is 0 Å². The number of rotatable bonds is 7. The molecule has 0 aliphatic heterocycles. The number of hydrogen-bond donors (Lipinski definition) is 1. The first-order chi connectivity index (χ1) is 11.9. The van der Waals surface area contributed by atoms with Gasteiger partial charge in [-0.2, -0.15) is 4.31 Å². The van der Waals surface area contributed by atoms with E-state index in [0.29, 0.717) is 18.2 Å². The SMILES string of the molecule is CCN(CC)S(=O)(=O)c1ccc(/C=C/C(=O)Nc2nnc(C)s2)cc1. The van der Waals surface area contributed by atoms with Gasteiger partial charge in [-0.3, -0.25) is 10.1 Å². The Morgan fingerprint density at radius 2 is 1.84 bits per heavy atom. The second kappa shape index (κ2) is 8.32. The average Bonchev–Trinajstić information content (AvgIpc) is 2.99. The molecule has 0 saturated heterocycles. The largest absolute Gasteiger partial charge is 0.297 e. The van der Waals surface area contributed by atoms with Crippen molar-refractivity contribution in [1.29, 1.82) is 0 Å². The van der Waals surface area contributed by atoms with Gasteiger partial charge >= 0.3 is 0 Å². The van der Waals surface area contributed by atoms with Crippen LogP contribution in [0.1, 0.15) is 24.4 Å². The lowest BCUT2D eigenvalue weighted by Gasteiger charge is -2.18. The number of anilines is 1. The first-order valence-corrected chi connectivity index (χ1v) is 10.0. The lowest BCUT2D eigenvalue weighted by molar-refractivity contribution is -0.111. The van der Waals surface area contributed by atoms with Crippen molar-refractivity contribution in [2.45, 2.75) is 25.7 Å². The fourth-order valence-electron chi connectivity index (χ4n) is 2.13. The zero-order chi connectivity index (χ0) is 18.4. The number of benzene rings is 1. The van der Waals surface area contributed by atoms with Gasteiger partial charge in [0.05, 0.1) is 4.90 Å². The third-order valence-corrected chi connectivity index (χ3v) is 6.22. The van der Waals surface area contributed by atoms with Crippen molar-refractivity contribution in [1.82, 2.24) is 14.5 Å². The minimum atomic E-state index is -3.47. The molecule has 1 heterocycles. The van der Waals surface area contributed by atoms with E-state index < -0.39 is 10.0 Å². The van der Waals surface area contributed by atoms with Crippen molar-refractivity contribution >= 4 is 38.5 Å². The maximum Gasteiger partial charge on any atom is 0.250 e. The third-order valence-electron chi connectivity index (χ3n) is 3.41. The molecule has 2 aromatic rings. The Labute approximate surface area is 151 Å². The molecule has 1 amide bonds. The van der Waals surface area contributed by atoms with Gasteiger partial charge in [0, 0.05) is 19.2 Å². The summed E-state index contributed by atoms with van der Waals surface area (Å²) >= 11 is 1.29. The van der Waals surface area contributed by atoms with Crippen LogP contribution in [0, 0.1) is 6.92 Å². The van der Waals surface area contributed by atoms with E-state index in [-0.39, 0.29) is 10.8 Å². The molecule has 1 aromatic carbocycles. The Morgan fingerprint density at radius 3 is 2.36 bits per heavy atom. The molecule has 134 valence electrons. The molecule has 1 aromatic heterocycles. The summed E-state index contributed by atoms with van der Waals surface area (Å²) in [5, 5.41) is 11.5. The van der Waals surface area contributed by atoms with Crippen LogP contribution in [-0.2, 0) is 14.8 Å². The van der Waals surface area contributed by atoms with Gasteiger partial charge in [0.25, 0.3) is 0 Å². The van der Waals surface area contributed by atoms with Gasteiger partial charge in [-0.1, -0.05) is 37.3 Å². The fraction of sp³-hybridized carbons (Fsp3) is 0.312. The number of hydrogen-bond acceptors (Lipinski definition) is 6. The first kappa shape index (κ1) is 19.2. The van der Waals surface area contributed by atoms with E-state index in [1.165, 1.54) is 21.7 Å². The summed E-state index contributed by atoms with van der Waals surface area (Å²) in [6, 6.07) is 6.41. The molecule has 0 spiro atoms. The van der Waals surface area contributed by atoms with Crippen molar-refractivity contribution in [2.24, 2.45) is 0 Å². The number of carbonyl (C=O) groups excluding carboxylic acids is 1. The molecule has 9 heteroatoms. The van der Waals surface area contributed by atoms with Gasteiger partial charge in [0.2, 0.25) is 21.1 Å². The highest BCUT2D eigenvalue weighted by molar-refractivity contribution is 7.89. The van der Waals surface area contributed by atoms with Gasteiger partial charge in [-0.05, 0) is 30.7 Å². The summed E-state index contributed by atoms with van der Waals surface area (Å²) in [5.41, 5.74) is 0.724. The Bertz CT molecular complexity index is 854. The molecular weight excluding hydrogens is 360 g/mol. The van der Waals surface area contributed by atoms with Crippen LogP contribution in [0.2, 0.25) is 0 Å². The minimum Gasteiger partial charge on any atom is -0.297 e. The highest BCUT2D eigenvalue weighted by Crippen LogP contribution is 2.17. The topological polar surface area (TPSA) is 92.3 Å². The molecule has 0 unspecified atom stereocenters. The summed E-state index contributed by atoms with van der Waals surface area (Å²) in [7, 11) is -3.47. The predicted octanol–water partition coefficient (Wildman–Crippen LogP) is 2.53. The van der Waals surface area contributed by atoms with Gasteiger partial charge in [-0.25, -0.2) is 8.42 Å². The Morgan fingerprint density at radius 1 is 1.20 bits per heavy atom. The van der Waals surface area contributed by atoms with Crippen molar-refractivity contribution in [2.75, 3.05) is 18.4 Å². The lowest BCUT2D eigenvalue weighted by Crippen LogP contribution is -2.30. The van der Waals surface area contributed by atoms with Crippen LogP contribution in [0.15, 0.2) is 35.2 Å². The summed E-state index contributed by atoms with van der Waals surface area (Å²) in [4.78, 5) is 12.1. The first-order valence-electron chi connectivity index (χ1n) is 7.76. The standard InChI is InChI=1S/C16H20N4O3S2/c1-4-20(5-2)25(22,23)14-9-6-13(7-10-14)8-11-15(21)17-16-19-18-12(3)24-16/h6-11H,4-5H2,1-3H3,(H,17,19,21)/b11-8+. The molecule has 0 radical (unpaired) electrons. The Kier molecular flexibility index (Phi) is 6.40. The number of carbonyl (C=O) groups is 1. The zero-order valence-electron chi connectivity index (χ0n) is 14.3. The normalized spacial score (nSPS) is 12.0. The zero-order valence-corrected chi connectivity index (χ0v) is 15.9. The average molecular weight is 380 g/mol. The molecule has 0 bridgehead atoms. The number of aromatic nitrogens is 2. The van der Waals surface area contributed by atoms with E-state index in [1.807, 2.05) is 0 Å². The second-order valence-corrected chi connectivity index (χ2v) is 8.23. The van der Waals surface area contributed by atoms with E-state index in [0.717, 1.165) is 10.6 Å². The number of nitrogens with zero attached hydrogens (tertiary/aromatic N) is 3. The minimum absolute atomic E-state index is 0.238. The smallest absolute Gasteiger partial charge is 0.250 e. The quantitative estimate of drug-likeness (QED) is 0.745. The molecule has 0 fully saturated rings. The molecule has 0 aliphatic rings. The van der Waals surface area contributed by atoms with Crippen LogP contribution in [0.5, 0.6) is 0 Å². The number of sulfonamides is 1. The molecule has 0 atom stereocenters. The monoisotopic (exact) mass is 380 g/mol. The maximum atomic E-state index is 12.4. The summed E-state index contributed by atoms with van der Waals surface area (Å²) < 4.78 is 26.2. The van der Waals surface area contributed by atoms with Gasteiger partial charge in [0.15, 0.2) is 0 Å². The van der Waals surface area contributed by atoms with E-state index in [4.69, 9.17) is 0 Å². The number of nitrogens with one attached hydrogen (secondary N) is 1. The van der Waals surface area contributed by atoms with Crippen LogP contribution in [0.3, 0.4) is 0 Å². The summed E-state index contributed by atoms with van der Waals surface area (Å²) in [5.74, 6) is -0.323. The molecule has 0 aliphatic carbocycles. The fourth-order valence-corrected chi connectivity index (χ4v) is 4.18. The van der Waals surface area contributed by atoms with Crippen LogP contribution in [0.4, 0.5) is 5.13 Å². The molecule has 7 nitrogen and oxygen atoms in total. The Balaban J connectivity index is 2.06. The van der Waals surface area contributed by atoms with Gasteiger partial charge < -0.3 is 0 Å². The van der Waals surface area contributed by atoms with E-state index in [9.17, 15) is 13.2 Å². The van der Waals surface area contributed by atoms with Crippen LogP contribution in [0.25, 0.3) is 6.08 Å². The molecule has 2 rings (SSSR count). The Hall–Kier alpha value is -2.10. The maximum absolute atomic E-state index is 12.4. The third kappa shape index (κ3) is 4.94. The van der Waals surface area contributed by atoms with Gasteiger partial charge in [-0.15, -0.1) is 10.2 Å². The van der Waals surface area contributed by atoms with E-state index in [2.05, 4.69) is 15.5 Å². The highest BCUT2D eigenvalue weighted by Gasteiger charge is 2.20. The van der Waals surface area contributed by atoms with Crippen LogP contribution in [-0.4, -0.2) is 41.9 Å². The van der Waals surface area contributed by atoms with E-state index in [1.54, 1.807) is 51.1 Å². The molecular formula is C16H20N4O3S2. The van der Waals surface area contributed by atoms with Crippen molar-refractivity contribution in [3.63, 3.8) is 0 Å². The highest BCUT2D eigenvalue weighted by atomic mass is 32.2. The van der Waals surface area contributed by atoms with Gasteiger partial charge in [0.1, 0.15) is 5.01 Å². The lowest BCUT2D eigenvalue weighted by atomic mass is 10.2. The predicted molar refractivity (Wildman–Crippen MR) is 98.9 cm³/mol. The van der Waals surface area contributed by atoms with Crippen molar-refractivity contribution in [3.8, 4) is 0 Å². The number of aryl methyl sites for hydroxylation is 1. The molecule has 25 heavy (non-hydrogen) atoms. The van der Waals surface area contributed by atoms with Crippen molar-refractivity contribution < 1.29 is 13.2 Å². The number of amides is 1. The molecule has 1 N–H and O–H groups in total. The van der Waals surface area contributed by atoms with Crippen LogP contribution >= 0.6 is 11.3 Å². The molecule has 0 saturated carbocycles.